The van der Waals surface area contributed by atoms with Crippen molar-refractivity contribution in [3.63, 3.8) is 0 Å². The normalized spacial score (nSPS) is 21.9. The minimum atomic E-state index is -0.813. The number of carbonyl (C=O) groups is 2. The molecule has 29 heavy (non-hydrogen) atoms. The maximum atomic E-state index is 12.5. The van der Waals surface area contributed by atoms with Crippen LogP contribution in [0.4, 0.5) is 0 Å². The van der Waals surface area contributed by atoms with Gasteiger partial charge in [-0.3, -0.25) is 9.69 Å². The van der Waals surface area contributed by atoms with Gasteiger partial charge in [0.2, 0.25) is 5.78 Å². The van der Waals surface area contributed by atoms with Crippen molar-refractivity contribution in [3.8, 4) is 0 Å². The third-order valence-electron chi connectivity index (χ3n) is 4.93. The lowest BCUT2D eigenvalue weighted by Crippen LogP contribution is -2.41. The Bertz CT molecular complexity index is 650. The molecule has 0 unspecified atom stereocenters. The predicted octanol–water partition coefficient (Wildman–Crippen LogP) is 3.88. The molecular formula is C23H37NO5. The number of hydrogen-bond donors (Lipinski definition) is 0. The maximum Gasteiger partial charge on any atom is 0.375 e. The number of methoxy groups -OCH3 is 1. The molecule has 3 atom stereocenters. The average Bonchev–Trinajstić information content (AvgIpc) is 2.99. The molecule has 0 amide bonds. The second-order valence-electron chi connectivity index (χ2n) is 7.90. The van der Waals surface area contributed by atoms with Crippen molar-refractivity contribution in [2.75, 3.05) is 27.3 Å². The van der Waals surface area contributed by atoms with Gasteiger partial charge in [0.1, 0.15) is 11.5 Å². The molecule has 0 saturated heterocycles. The van der Waals surface area contributed by atoms with Crippen LogP contribution in [0.15, 0.2) is 35.8 Å². The SMILES string of the molecule is C=C(/C=C(\C)[C@@H]1[C@H](OC(=O)C(=O)CC(C)C)C(OC)=C[C@@H]1N(C)CCC)OCC. The summed E-state index contributed by atoms with van der Waals surface area (Å²) >= 11 is 0. The van der Waals surface area contributed by atoms with Crippen LogP contribution >= 0.6 is 0 Å². The molecule has 0 aromatic carbocycles. The first kappa shape index (κ1) is 25.0. The molecule has 0 radical (unpaired) electrons. The van der Waals surface area contributed by atoms with Gasteiger partial charge in [-0.1, -0.05) is 32.9 Å². The summed E-state index contributed by atoms with van der Waals surface area (Å²) in [6.45, 7) is 15.1. The van der Waals surface area contributed by atoms with Crippen LogP contribution in [-0.4, -0.2) is 56.1 Å². The Kier molecular flexibility index (Phi) is 10.2. The number of esters is 1. The lowest BCUT2D eigenvalue weighted by atomic mass is 9.90. The molecule has 6 nitrogen and oxygen atoms in total. The summed E-state index contributed by atoms with van der Waals surface area (Å²) in [4.78, 5) is 26.9. The Labute approximate surface area is 175 Å². The number of ether oxygens (including phenoxy) is 3. The van der Waals surface area contributed by atoms with Crippen molar-refractivity contribution in [3.05, 3.63) is 35.8 Å². The Morgan fingerprint density at radius 3 is 2.48 bits per heavy atom. The molecule has 0 aliphatic heterocycles. The van der Waals surface area contributed by atoms with E-state index < -0.39 is 17.9 Å². The fraction of sp³-hybridized carbons (Fsp3) is 0.652. The zero-order chi connectivity index (χ0) is 22.1. The van der Waals surface area contributed by atoms with Gasteiger partial charge in [-0.2, -0.15) is 0 Å². The van der Waals surface area contributed by atoms with Crippen molar-refractivity contribution < 1.29 is 23.8 Å². The fourth-order valence-corrected chi connectivity index (χ4v) is 3.66. The van der Waals surface area contributed by atoms with Crippen LogP contribution in [0.2, 0.25) is 0 Å². The number of allylic oxidation sites excluding steroid dienone is 1. The van der Waals surface area contributed by atoms with Gasteiger partial charge >= 0.3 is 5.97 Å². The molecule has 0 spiro atoms. The van der Waals surface area contributed by atoms with E-state index in [4.69, 9.17) is 14.2 Å². The highest BCUT2D eigenvalue weighted by Crippen LogP contribution is 2.37. The van der Waals surface area contributed by atoms with E-state index in [9.17, 15) is 9.59 Å². The summed E-state index contributed by atoms with van der Waals surface area (Å²) in [5, 5.41) is 0. The molecule has 164 valence electrons. The molecule has 1 aliphatic rings. The Balaban J connectivity index is 3.22. The molecule has 0 fully saturated rings. The van der Waals surface area contributed by atoms with E-state index in [0.29, 0.717) is 18.1 Å². The van der Waals surface area contributed by atoms with Gasteiger partial charge in [0.25, 0.3) is 0 Å². The van der Waals surface area contributed by atoms with Crippen molar-refractivity contribution in [2.45, 2.75) is 59.6 Å². The topological polar surface area (TPSA) is 65.1 Å². The molecule has 0 bridgehead atoms. The van der Waals surface area contributed by atoms with E-state index in [1.54, 1.807) is 7.11 Å². The van der Waals surface area contributed by atoms with Crippen molar-refractivity contribution >= 4 is 11.8 Å². The predicted molar refractivity (Wildman–Crippen MR) is 114 cm³/mol. The van der Waals surface area contributed by atoms with Crippen molar-refractivity contribution in [1.82, 2.24) is 4.90 Å². The van der Waals surface area contributed by atoms with Gasteiger partial charge in [-0.05, 0) is 51.9 Å². The second kappa shape index (κ2) is 11.8. The molecule has 0 aromatic heterocycles. The van der Waals surface area contributed by atoms with E-state index in [0.717, 1.165) is 18.5 Å². The Morgan fingerprint density at radius 2 is 1.97 bits per heavy atom. The van der Waals surface area contributed by atoms with Crippen LogP contribution < -0.4 is 0 Å². The summed E-state index contributed by atoms with van der Waals surface area (Å²) in [6, 6.07) is -0.0337. The van der Waals surface area contributed by atoms with Gasteiger partial charge in [0.05, 0.1) is 13.7 Å². The Hall–Kier alpha value is -2.08. The summed E-state index contributed by atoms with van der Waals surface area (Å²) < 4.78 is 16.7. The molecule has 6 heteroatoms. The van der Waals surface area contributed by atoms with E-state index in [2.05, 4.69) is 18.4 Å². The van der Waals surface area contributed by atoms with Gasteiger partial charge in [0, 0.05) is 18.4 Å². The smallest absolute Gasteiger partial charge is 0.375 e. The van der Waals surface area contributed by atoms with Gasteiger partial charge in [-0.15, -0.1) is 0 Å². The van der Waals surface area contributed by atoms with E-state index in [1.807, 2.05) is 46.9 Å². The number of likely N-dealkylation sites (N-methyl/N-ethyl adjacent to an activating group) is 1. The van der Waals surface area contributed by atoms with Crippen LogP contribution in [0.5, 0.6) is 0 Å². The minimum Gasteiger partial charge on any atom is -0.497 e. The van der Waals surface area contributed by atoms with Crippen molar-refractivity contribution in [2.24, 2.45) is 11.8 Å². The van der Waals surface area contributed by atoms with E-state index in [-0.39, 0.29) is 24.3 Å². The van der Waals surface area contributed by atoms with Crippen LogP contribution in [-0.2, 0) is 23.8 Å². The number of Topliss-reactive ketones (excluding diaryl/α,β-unsaturated/α-hetero) is 1. The van der Waals surface area contributed by atoms with Crippen LogP contribution in [0, 0.1) is 11.8 Å². The summed E-state index contributed by atoms with van der Waals surface area (Å²) in [5.74, 6) is -0.329. The third kappa shape index (κ3) is 7.03. The summed E-state index contributed by atoms with van der Waals surface area (Å²) in [7, 11) is 3.59. The fourth-order valence-electron chi connectivity index (χ4n) is 3.66. The molecule has 1 aliphatic carbocycles. The van der Waals surface area contributed by atoms with Crippen molar-refractivity contribution in [1.29, 1.82) is 0 Å². The van der Waals surface area contributed by atoms with Gasteiger partial charge in [-0.25, -0.2) is 4.79 Å². The zero-order valence-electron chi connectivity index (χ0n) is 19.0. The number of rotatable bonds is 12. The molecule has 1 rings (SSSR count). The first-order chi connectivity index (χ1) is 13.7. The van der Waals surface area contributed by atoms with Crippen LogP contribution in [0.3, 0.4) is 0 Å². The highest BCUT2D eigenvalue weighted by atomic mass is 16.6. The standard InChI is InChI=1S/C23H37NO5/c1-9-11-24(7)18-14-20(27-8)22(29-23(26)19(25)12-15(3)4)21(18)16(5)13-17(6)28-10-2/h13-15,18,21-22H,6,9-12H2,1-5,7-8H3/b16-13+/t18-,21-,22+/m0/s1. The average molecular weight is 408 g/mol. The highest BCUT2D eigenvalue weighted by Gasteiger charge is 2.44. The zero-order valence-corrected chi connectivity index (χ0v) is 19.0. The van der Waals surface area contributed by atoms with E-state index >= 15 is 0 Å². The quantitative estimate of drug-likeness (QED) is 0.212. The number of nitrogens with zero attached hydrogens (tertiary/aromatic N) is 1. The summed E-state index contributed by atoms with van der Waals surface area (Å²) in [5.41, 5.74) is 0.953. The second-order valence-corrected chi connectivity index (χ2v) is 7.90. The number of carbonyl (C=O) groups excluding carboxylic acids is 2. The molecule has 0 N–H and O–H groups in total. The highest BCUT2D eigenvalue weighted by molar-refractivity contribution is 6.33. The van der Waals surface area contributed by atoms with Crippen LogP contribution in [0.1, 0.15) is 47.5 Å². The third-order valence-corrected chi connectivity index (χ3v) is 4.93. The number of ketones is 1. The molecular weight excluding hydrogens is 370 g/mol. The van der Waals surface area contributed by atoms with E-state index in [1.165, 1.54) is 0 Å². The molecule has 0 saturated carbocycles. The summed E-state index contributed by atoms with van der Waals surface area (Å²) in [6.07, 6.45) is 4.33. The molecule has 0 heterocycles. The lowest BCUT2D eigenvalue weighted by Gasteiger charge is -2.32. The lowest BCUT2D eigenvalue weighted by molar-refractivity contribution is -0.159. The maximum absolute atomic E-state index is 12.5. The first-order valence-corrected chi connectivity index (χ1v) is 10.4. The number of hydrogen-bond acceptors (Lipinski definition) is 6. The minimum absolute atomic E-state index is 0.0337. The van der Waals surface area contributed by atoms with Gasteiger partial charge < -0.3 is 14.2 Å². The monoisotopic (exact) mass is 407 g/mol. The van der Waals surface area contributed by atoms with Crippen LogP contribution in [0.25, 0.3) is 0 Å². The van der Waals surface area contributed by atoms with Gasteiger partial charge in [0.15, 0.2) is 6.10 Å². The largest absolute Gasteiger partial charge is 0.497 e. The molecule has 0 aromatic rings. The first-order valence-electron chi connectivity index (χ1n) is 10.4. The Morgan fingerprint density at radius 1 is 1.31 bits per heavy atom.